The Bertz CT molecular complexity index is 833. The van der Waals surface area contributed by atoms with Gasteiger partial charge in [0.2, 0.25) is 5.91 Å². The summed E-state index contributed by atoms with van der Waals surface area (Å²) < 4.78 is 16.5. The molecule has 2 amide bonds. The minimum atomic E-state index is -0.314. The number of rotatable bonds is 7. The Labute approximate surface area is 164 Å². The first-order valence-electron chi connectivity index (χ1n) is 9.21. The molecule has 1 aliphatic heterocycles. The number of hydrogen-bond acceptors (Lipinski definition) is 5. The second-order valence-corrected chi connectivity index (χ2v) is 6.63. The van der Waals surface area contributed by atoms with E-state index in [9.17, 15) is 9.59 Å². The van der Waals surface area contributed by atoms with Gasteiger partial charge in [-0.3, -0.25) is 9.59 Å². The molecule has 0 aliphatic carbocycles. The van der Waals surface area contributed by atoms with Gasteiger partial charge in [-0.2, -0.15) is 0 Å². The maximum atomic E-state index is 12.2. The summed E-state index contributed by atoms with van der Waals surface area (Å²) in [6.45, 7) is 5.16. The van der Waals surface area contributed by atoms with Crippen molar-refractivity contribution in [1.82, 2.24) is 10.6 Å². The minimum Gasteiger partial charge on any atom is -0.491 e. The maximum absolute atomic E-state index is 12.2. The van der Waals surface area contributed by atoms with Crippen molar-refractivity contribution in [1.29, 1.82) is 0 Å². The third kappa shape index (κ3) is 5.39. The quantitative estimate of drug-likeness (QED) is 0.765. The Balaban J connectivity index is 1.44. The average molecular weight is 384 g/mol. The molecular weight excluding hydrogens is 360 g/mol. The van der Waals surface area contributed by atoms with Crippen molar-refractivity contribution in [3.63, 3.8) is 0 Å². The van der Waals surface area contributed by atoms with Gasteiger partial charge in [0.15, 0.2) is 11.5 Å². The van der Waals surface area contributed by atoms with Crippen LogP contribution < -0.4 is 24.8 Å². The molecule has 148 valence electrons. The van der Waals surface area contributed by atoms with Crippen LogP contribution in [0.25, 0.3) is 0 Å². The molecule has 7 heteroatoms. The number of nitrogens with one attached hydrogen (secondary N) is 2. The lowest BCUT2D eigenvalue weighted by molar-refractivity contribution is -0.120. The highest BCUT2D eigenvalue weighted by atomic mass is 16.6. The molecule has 7 nitrogen and oxygen atoms in total. The highest BCUT2D eigenvalue weighted by Gasteiger charge is 2.12. The summed E-state index contributed by atoms with van der Waals surface area (Å²) in [5.74, 6) is 1.49. The first-order chi connectivity index (χ1) is 13.5. The molecule has 0 spiro atoms. The topological polar surface area (TPSA) is 85.9 Å². The van der Waals surface area contributed by atoms with Gasteiger partial charge in [0.05, 0.1) is 12.6 Å². The molecule has 0 bridgehead atoms. The third-order valence-corrected chi connectivity index (χ3v) is 3.99. The van der Waals surface area contributed by atoms with E-state index in [1.165, 1.54) is 0 Å². The monoisotopic (exact) mass is 384 g/mol. The Morgan fingerprint density at radius 1 is 1.00 bits per heavy atom. The van der Waals surface area contributed by atoms with Crippen molar-refractivity contribution in [3.05, 3.63) is 53.6 Å². The van der Waals surface area contributed by atoms with Gasteiger partial charge in [-0.05, 0) is 55.8 Å². The smallest absolute Gasteiger partial charge is 0.251 e. The molecular formula is C21H24N2O5. The van der Waals surface area contributed by atoms with Crippen molar-refractivity contribution in [2.45, 2.75) is 26.5 Å². The van der Waals surface area contributed by atoms with Gasteiger partial charge in [-0.15, -0.1) is 0 Å². The third-order valence-electron chi connectivity index (χ3n) is 3.99. The minimum absolute atomic E-state index is 0.0672. The van der Waals surface area contributed by atoms with E-state index in [4.69, 9.17) is 14.2 Å². The van der Waals surface area contributed by atoms with Crippen LogP contribution in [0.4, 0.5) is 0 Å². The van der Waals surface area contributed by atoms with Crippen LogP contribution in [0.2, 0.25) is 0 Å². The van der Waals surface area contributed by atoms with E-state index in [0.29, 0.717) is 42.6 Å². The Morgan fingerprint density at radius 2 is 1.71 bits per heavy atom. The SMILES string of the molecule is CC(C)Oc1ccc(C(=O)NCC(=O)NCc2ccc3c(c2)OCCO3)cc1. The van der Waals surface area contributed by atoms with Crippen LogP contribution in [0, 0.1) is 0 Å². The van der Waals surface area contributed by atoms with E-state index in [-0.39, 0.29) is 24.5 Å². The largest absolute Gasteiger partial charge is 0.491 e. The van der Waals surface area contributed by atoms with E-state index in [2.05, 4.69) is 10.6 Å². The maximum Gasteiger partial charge on any atom is 0.251 e. The normalized spacial score (nSPS) is 12.4. The second-order valence-electron chi connectivity index (χ2n) is 6.63. The number of ether oxygens (including phenoxy) is 3. The number of hydrogen-bond donors (Lipinski definition) is 2. The lowest BCUT2D eigenvalue weighted by Crippen LogP contribution is -2.36. The van der Waals surface area contributed by atoms with Crippen LogP contribution in [0.5, 0.6) is 17.2 Å². The first kappa shape index (κ1) is 19.5. The summed E-state index contributed by atoms with van der Waals surface area (Å²) in [6, 6.07) is 12.3. The van der Waals surface area contributed by atoms with E-state index in [1.54, 1.807) is 24.3 Å². The van der Waals surface area contributed by atoms with Crippen LogP contribution >= 0.6 is 0 Å². The zero-order chi connectivity index (χ0) is 19.9. The first-order valence-corrected chi connectivity index (χ1v) is 9.21. The zero-order valence-corrected chi connectivity index (χ0v) is 16.0. The fourth-order valence-corrected chi connectivity index (χ4v) is 2.68. The summed E-state index contributed by atoms with van der Waals surface area (Å²) in [7, 11) is 0. The number of benzene rings is 2. The van der Waals surface area contributed by atoms with E-state index in [0.717, 1.165) is 5.56 Å². The molecule has 1 heterocycles. The molecule has 3 rings (SSSR count). The zero-order valence-electron chi connectivity index (χ0n) is 16.0. The fraction of sp³-hybridized carbons (Fsp3) is 0.333. The molecule has 0 saturated carbocycles. The highest BCUT2D eigenvalue weighted by molar-refractivity contribution is 5.96. The van der Waals surface area contributed by atoms with Gasteiger partial charge in [0.25, 0.3) is 5.91 Å². The van der Waals surface area contributed by atoms with Crippen molar-refractivity contribution in [3.8, 4) is 17.2 Å². The summed E-state index contributed by atoms with van der Waals surface area (Å²) in [5.41, 5.74) is 1.36. The van der Waals surface area contributed by atoms with Gasteiger partial charge in [0.1, 0.15) is 19.0 Å². The molecule has 0 fully saturated rings. The molecule has 0 radical (unpaired) electrons. The van der Waals surface area contributed by atoms with Crippen LogP contribution in [-0.2, 0) is 11.3 Å². The Kier molecular flexibility index (Phi) is 6.37. The Morgan fingerprint density at radius 3 is 2.43 bits per heavy atom. The molecule has 0 atom stereocenters. The molecule has 2 N–H and O–H groups in total. The van der Waals surface area contributed by atoms with Crippen LogP contribution in [0.15, 0.2) is 42.5 Å². The molecule has 28 heavy (non-hydrogen) atoms. The number of amides is 2. The van der Waals surface area contributed by atoms with Crippen molar-refractivity contribution < 1.29 is 23.8 Å². The Hall–Kier alpha value is -3.22. The van der Waals surface area contributed by atoms with Crippen molar-refractivity contribution in [2.75, 3.05) is 19.8 Å². The van der Waals surface area contributed by atoms with Crippen LogP contribution in [0.3, 0.4) is 0 Å². The number of fused-ring (bicyclic) bond motifs is 1. The predicted octanol–water partition coefficient (Wildman–Crippen LogP) is 2.29. The van der Waals surface area contributed by atoms with Crippen molar-refractivity contribution >= 4 is 11.8 Å². The van der Waals surface area contributed by atoms with E-state index < -0.39 is 0 Å². The number of carbonyl (C=O) groups is 2. The van der Waals surface area contributed by atoms with Crippen LogP contribution in [0.1, 0.15) is 29.8 Å². The second kappa shape index (κ2) is 9.12. The van der Waals surface area contributed by atoms with Gasteiger partial charge >= 0.3 is 0 Å². The summed E-state index contributed by atoms with van der Waals surface area (Å²) >= 11 is 0. The van der Waals surface area contributed by atoms with Gasteiger partial charge in [-0.25, -0.2) is 0 Å². The lowest BCUT2D eigenvalue weighted by Gasteiger charge is -2.19. The molecule has 0 unspecified atom stereocenters. The molecule has 0 saturated heterocycles. The van der Waals surface area contributed by atoms with Crippen molar-refractivity contribution in [2.24, 2.45) is 0 Å². The van der Waals surface area contributed by atoms with Gasteiger partial charge in [-0.1, -0.05) is 6.07 Å². The lowest BCUT2D eigenvalue weighted by atomic mass is 10.2. The number of carbonyl (C=O) groups excluding carboxylic acids is 2. The molecule has 1 aliphatic rings. The molecule has 2 aromatic carbocycles. The molecule has 2 aromatic rings. The standard InChI is InChI=1S/C21H24N2O5/c1-14(2)28-17-6-4-16(5-7-17)21(25)23-13-20(24)22-12-15-3-8-18-19(11-15)27-10-9-26-18/h3-8,11,14H,9-10,12-13H2,1-2H3,(H,22,24)(H,23,25). The average Bonchev–Trinajstić information content (AvgIpc) is 2.70. The predicted molar refractivity (Wildman–Crippen MR) is 104 cm³/mol. The fourth-order valence-electron chi connectivity index (χ4n) is 2.68. The van der Waals surface area contributed by atoms with E-state index in [1.807, 2.05) is 32.0 Å². The summed E-state index contributed by atoms with van der Waals surface area (Å²) in [4.78, 5) is 24.2. The summed E-state index contributed by atoms with van der Waals surface area (Å²) in [5, 5.41) is 5.38. The summed E-state index contributed by atoms with van der Waals surface area (Å²) in [6.07, 6.45) is 0.0672. The van der Waals surface area contributed by atoms with E-state index >= 15 is 0 Å². The molecule has 0 aromatic heterocycles. The van der Waals surface area contributed by atoms with Gasteiger partial charge in [0, 0.05) is 12.1 Å². The highest BCUT2D eigenvalue weighted by Crippen LogP contribution is 2.30. The van der Waals surface area contributed by atoms with Gasteiger partial charge < -0.3 is 24.8 Å². The van der Waals surface area contributed by atoms with Crippen LogP contribution in [-0.4, -0.2) is 37.7 Å².